The van der Waals surface area contributed by atoms with E-state index in [1.165, 1.54) is 4.90 Å². The maximum absolute atomic E-state index is 13.1. The number of hydrogen-bond donors (Lipinski definition) is 5. The lowest BCUT2D eigenvalue weighted by molar-refractivity contribution is -0.145. The fourth-order valence-corrected chi connectivity index (χ4v) is 4.56. The molecule has 0 spiro atoms. The summed E-state index contributed by atoms with van der Waals surface area (Å²) in [7, 11) is 0. The standard InChI is InChI=1S/C23H32N4O6S/c28-9-10-33-16-6-4-5-15(11-16)21-17(12-18-23(32)26-13-20(30)27(18)21)22(31)25-8-3-1-2-7-24-19(29)14-34/h4-6,11,17-18,21,28,34H,1-3,7-10,12-14H2,(H,24,29)(H,25,31)(H,26,32)/t17-,18-,21-/m1/s1. The van der Waals surface area contributed by atoms with E-state index in [0.29, 0.717) is 24.4 Å². The zero-order valence-electron chi connectivity index (χ0n) is 19.0. The first-order chi connectivity index (χ1) is 16.5. The minimum absolute atomic E-state index is 0.0926. The number of nitrogens with one attached hydrogen (secondary N) is 3. The van der Waals surface area contributed by atoms with E-state index in [0.717, 1.165) is 19.3 Å². The van der Waals surface area contributed by atoms with Gasteiger partial charge >= 0.3 is 0 Å². The number of piperazine rings is 1. The molecule has 3 rings (SSSR count). The summed E-state index contributed by atoms with van der Waals surface area (Å²) in [6.07, 6.45) is 2.62. The molecule has 4 N–H and O–H groups in total. The number of amides is 4. The molecule has 0 radical (unpaired) electrons. The second-order valence-corrected chi connectivity index (χ2v) is 8.64. The number of nitrogens with zero attached hydrogens (tertiary/aromatic N) is 1. The van der Waals surface area contributed by atoms with Crippen LogP contribution in [0.4, 0.5) is 0 Å². The lowest BCUT2D eigenvalue weighted by atomic mass is 9.92. The molecule has 4 amide bonds. The summed E-state index contributed by atoms with van der Waals surface area (Å²) in [6.45, 7) is 0.940. The van der Waals surface area contributed by atoms with Crippen molar-refractivity contribution in [3.8, 4) is 5.75 Å². The molecule has 2 fully saturated rings. The Kier molecular flexibility index (Phi) is 9.58. The number of aliphatic hydroxyl groups is 1. The van der Waals surface area contributed by atoms with E-state index in [2.05, 4.69) is 28.6 Å². The Morgan fingerprint density at radius 1 is 1.18 bits per heavy atom. The average Bonchev–Trinajstić information content (AvgIpc) is 3.26. The second-order valence-electron chi connectivity index (χ2n) is 8.33. The van der Waals surface area contributed by atoms with Crippen molar-refractivity contribution in [1.82, 2.24) is 20.9 Å². The van der Waals surface area contributed by atoms with E-state index in [4.69, 9.17) is 9.84 Å². The van der Waals surface area contributed by atoms with Gasteiger partial charge in [0.2, 0.25) is 23.6 Å². The van der Waals surface area contributed by atoms with E-state index in [1.807, 2.05) is 6.07 Å². The smallest absolute Gasteiger partial charge is 0.243 e. The molecule has 0 bridgehead atoms. The number of unbranched alkanes of at least 4 members (excludes halogenated alkanes) is 2. The van der Waals surface area contributed by atoms with Crippen LogP contribution in [0.2, 0.25) is 0 Å². The number of carbonyl (C=O) groups is 4. The summed E-state index contributed by atoms with van der Waals surface area (Å²) in [5.41, 5.74) is 0.709. The van der Waals surface area contributed by atoms with Crippen LogP contribution in [-0.2, 0) is 19.2 Å². The molecule has 3 atom stereocenters. The molecule has 34 heavy (non-hydrogen) atoms. The first-order valence-electron chi connectivity index (χ1n) is 11.5. The fraction of sp³-hybridized carbons (Fsp3) is 0.565. The van der Waals surface area contributed by atoms with Crippen LogP contribution in [0.15, 0.2) is 24.3 Å². The van der Waals surface area contributed by atoms with Gasteiger partial charge in [0, 0.05) is 13.1 Å². The Labute approximate surface area is 204 Å². The Bertz CT molecular complexity index is 898. The maximum atomic E-state index is 13.1. The third-order valence-electron chi connectivity index (χ3n) is 6.01. The molecule has 10 nitrogen and oxygen atoms in total. The minimum Gasteiger partial charge on any atom is -0.491 e. The topological polar surface area (TPSA) is 137 Å². The highest BCUT2D eigenvalue weighted by Gasteiger charge is 2.52. The quantitative estimate of drug-likeness (QED) is 0.202. The molecule has 0 saturated carbocycles. The SMILES string of the molecule is O=C(CS)NCCCCCNC(=O)[C@@H]1C[C@@H]2C(=O)NCC(=O)N2[C@@H]1c1cccc(OCCO)c1. The zero-order valence-corrected chi connectivity index (χ0v) is 19.9. The molecule has 2 aliphatic rings. The van der Waals surface area contributed by atoms with Gasteiger partial charge in [-0.25, -0.2) is 0 Å². The van der Waals surface area contributed by atoms with E-state index in [1.54, 1.807) is 18.2 Å². The van der Waals surface area contributed by atoms with E-state index in [9.17, 15) is 19.2 Å². The molecule has 11 heteroatoms. The van der Waals surface area contributed by atoms with Gasteiger partial charge in [-0.1, -0.05) is 12.1 Å². The third-order valence-corrected chi connectivity index (χ3v) is 6.30. The Hall–Kier alpha value is -2.79. The van der Waals surface area contributed by atoms with E-state index in [-0.39, 0.29) is 55.6 Å². The lowest BCUT2D eigenvalue weighted by Crippen LogP contribution is -2.56. The summed E-state index contributed by atoms with van der Waals surface area (Å²) in [6, 6.07) is 5.80. The van der Waals surface area contributed by atoms with Crippen molar-refractivity contribution >= 4 is 36.3 Å². The number of benzene rings is 1. The van der Waals surface area contributed by atoms with Crippen molar-refractivity contribution in [2.45, 2.75) is 37.8 Å². The van der Waals surface area contributed by atoms with Crippen molar-refractivity contribution in [1.29, 1.82) is 0 Å². The van der Waals surface area contributed by atoms with Crippen LogP contribution in [0.5, 0.6) is 5.75 Å². The van der Waals surface area contributed by atoms with Gasteiger partial charge < -0.3 is 30.7 Å². The van der Waals surface area contributed by atoms with Gasteiger partial charge in [0.15, 0.2) is 0 Å². The van der Waals surface area contributed by atoms with Gasteiger partial charge in [0.1, 0.15) is 18.4 Å². The van der Waals surface area contributed by atoms with Gasteiger partial charge in [-0.2, -0.15) is 12.6 Å². The van der Waals surface area contributed by atoms with Crippen LogP contribution < -0.4 is 20.7 Å². The largest absolute Gasteiger partial charge is 0.491 e. The minimum atomic E-state index is -0.695. The van der Waals surface area contributed by atoms with Crippen LogP contribution in [-0.4, -0.2) is 78.3 Å². The highest BCUT2D eigenvalue weighted by atomic mass is 32.1. The van der Waals surface area contributed by atoms with Crippen molar-refractivity contribution < 1.29 is 29.0 Å². The summed E-state index contributed by atoms with van der Waals surface area (Å²) in [5.74, 6) is -0.692. The fourth-order valence-electron chi connectivity index (χ4n) is 4.45. The molecule has 1 aromatic rings. The van der Waals surface area contributed by atoms with Gasteiger partial charge in [-0.05, 0) is 43.4 Å². The van der Waals surface area contributed by atoms with E-state index < -0.39 is 18.0 Å². The van der Waals surface area contributed by atoms with Crippen molar-refractivity contribution in [3.05, 3.63) is 29.8 Å². The van der Waals surface area contributed by atoms with Crippen LogP contribution in [0.1, 0.15) is 37.3 Å². The zero-order chi connectivity index (χ0) is 24.5. The molecular weight excluding hydrogens is 460 g/mol. The van der Waals surface area contributed by atoms with Crippen molar-refractivity contribution in [2.24, 2.45) is 5.92 Å². The van der Waals surface area contributed by atoms with Crippen LogP contribution >= 0.6 is 12.6 Å². The Morgan fingerprint density at radius 3 is 2.68 bits per heavy atom. The van der Waals surface area contributed by atoms with Gasteiger partial charge in [-0.15, -0.1) is 0 Å². The number of ether oxygens (including phenoxy) is 1. The highest BCUT2D eigenvalue weighted by molar-refractivity contribution is 7.81. The van der Waals surface area contributed by atoms with Crippen molar-refractivity contribution in [3.63, 3.8) is 0 Å². The number of carbonyl (C=O) groups excluding carboxylic acids is 4. The summed E-state index contributed by atoms with van der Waals surface area (Å²) < 4.78 is 5.50. The number of hydrogen-bond acceptors (Lipinski definition) is 7. The monoisotopic (exact) mass is 492 g/mol. The molecule has 1 aromatic carbocycles. The molecule has 2 heterocycles. The number of aliphatic hydroxyl groups excluding tert-OH is 1. The first-order valence-corrected chi connectivity index (χ1v) is 12.2. The third kappa shape index (κ3) is 6.41. The molecule has 186 valence electrons. The summed E-state index contributed by atoms with van der Waals surface area (Å²) in [4.78, 5) is 51.1. The lowest BCUT2D eigenvalue weighted by Gasteiger charge is -2.34. The van der Waals surface area contributed by atoms with Gasteiger partial charge in [-0.3, -0.25) is 19.2 Å². The molecule has 0 aromatic heterocycles. The number of rotatable bonds is 12. The highest BCUT2D eigenvalue weighted by Crippen LogP contribution is 2.43. The summed E-state index contributed by atoms with van der Waals surface area (Å²) >= 11 is 3.91. The van der Waals surface area contributed by atoms with Crippen LogP contribution in [0.3, 0.4) is 0 Å². The second kappa shape index (κ2) is 12.6. The normalized spacial score (nSPS) is 21.6. The average molecular weight is 493 g/mol. The predicted molar refractivity (Wildman–Crippen MR) is 127 cm³/mol. The maximum Gasteiger partial charge on any atom is 0.243 e. The molecule has 0 unspecified atom stereocenters. The number of fused-ring (bicyclic) bond motifs is 1. The van der Waals surface area contributed by atoms with Crippen molar-refractivity contribution in [2.75, 3.05) is 38.6 Å². The Balaban J connectivity index is 1.65. The first kappa shape index (κ1) is 25.8. The molecule has 2 aliphatic heterocycles. The van der Waals surface area contributed by atoms with Crippen LogP contribution in [0.25, 0.3) is 0 Å². The predicted octanol–water partition coefficient (Wildman–Crippen LogP) is -0.222. The molecule has 0 aliphatic carbocycles. The molecular formula is C23H32N4O6S. The Morgan fingerprint density at radius 2 is 1.94 bits per heavy atom. The van der Waals surface area contributed by atoms with E-state index >= 15 is 0 Å². The van der Waals surface area contributed by atoms with Crippen LogP contribution in [0, 0.1) is 5.92 Å². The number of thiol groups is 1. The summed E-state index contributed by atoms with van der Waals surface area (Å²) in [5, 5.41) is 17.3. The van der Waals surface area contributed by atoms with Gasteiger partial charge in [0.25, 0.3) is 0 Å². The van der Waals surface area contributed by atoms with Gasteiger partial charge in [0.05, 0.1) is 30.9 Å². The molecule has 2 saturated heterocycles.